The second kappa shape index (κ2) is 7.08. The fraction of sp³-hybridized carbons (Fsp3) is 0.190. The normalized spacial score (nSPS) is 17.8. The van der Waals surface area contributed by atoms with E-state index in [1.54, 1.807) is 44.2 Å². The van der Waals surface area contributed by atoms with Crippen molar-refractivity contribution in [3.05, 3.63) is 81.5 Å². The number of halogens is 4. The van der Waals surface area contributed by atoms with Crippen LogP contribution in [-0.2, 0) is 0 Å². The first-order valence-electron chi connectivity index (χ1n) is 9.38. The maximum absolute atomic E-state index is 15.5. The Hall–Kier alpha value is -2.51. The molecule has 150 valence electrons. The van der Waals surface area contributed by atoms with Gasteiger partial charge in [-0.3, -0.25) is 0 Å². The van der Waals surface area contributed by atoms with Crippen molar-refractivity contribution in [3.63, 3.8) is 0 Å². The number of aryl methyl sites for hydroxylation is 1. The molecule has 0 aliphatic carbocycles. The fourth-order valence-electron chi connectivity index (χ4n) is 4.08. The molecule has 0 saturated heterocycles. The third-order valence-electron chi connectivity index (χ3n) is 5.41. The average Bonchev–Trinajstić information content (AvgIpc) is 3.28. The lowest BCUT2D eigenvalue weighted by Gasteiger charge is -2.32. The molecule has 8 heteroatoms. The van der Waals surface area contributed by atoms with E-state index in [4.69, 9.17) is 17.3 Å². The molecule has 0 radical (unpaired) electrons. The predicted molar refractivity (Wildman–Crippen MR) is 113 cm³/mol. The van der Waals surface area contributed by atoms with Gasteiger partial charge in [-0.2, -0.15) is 0 Å². The molecule has 0 bridgehead atoms. The zero-order valence-corrected chi connectivity index (χ0v) is 16.8. The van der Waals surface area contributed by atoms with Crippen molar-refractivity contribution in [2.45, 2.75) is 20.3 Å². The van der Waals surface area contributed by atoms with Gasteiger partial charge in [0.05, 0.1) is 5.02 Å². The number of rotatable bonds is 4. The summed E-state index contributed by atoms with van der Waals surface area (Å²) in [7, 11) is 0. The van der Waals surface area contributed by atoms with Gasteiger partial charge in [0.25, 0.3) is 0 Å². The Labute approximate surface area is 172 Å². The predicted octanol–water partition coefficient (Wildman–Crippen LogP) is 5.01. The molecular formula is C21H20BClF3N3. The van der Waals surface area contributed by atoms with Gasteiger partial charge in [-0.1, -0.05) is 17.7 Å². The number of hydrogen-bond acceptors (Lipinski definition) is 1. The van der Waals surface area contributed by atoms with E-state index in [0.717, 1.165) is 20.1 Å². The van der Waals surface area contributed by atoms with E-state index in [2.05, 4.69) is 0 Å². The van der Waals surface area contributed by atoms with Gasteiger partial charge in [0, 0.05) is 34.6 Å². The summed E-state index contributed by atoms with van der Waals surface area (Å²) in [4.78, 5) is 0. The first-order chi connectivity index (χ1) is 13.8. The Kier molecular flexibility index (Phi) is 4.83. The lowest BCUT2D eigenvalue weighted by Crippen LogP contribution is -2.50. The minimum atomic E-state index is -4.10. The third kappa shape index (κ3) is 3.00. The highest BCUT2D eigenvalue weighted by molar-refractivity contribution is 6.58. The quantitative estimate of drug-likeness (QED) is 0.697. The van der Waals surface area contributed by atoms with Gasteiger partial charge in [0.1, 0.15) is 5.82 Å². The molecule has 1 aromatic carbocycles. The van der Waals surface area contributed by atoms with Crippen LogP contribution in [-0.4, -0.2) is 28.2 Å². The lowest BCUT2D eigenvalue weighted by atomic mass is 9.86. The SMILES string of the molecule is CC1=CC(/C=C/c2c(Cl)ccc(C)c2F)=[N+]2C1=C(CCN)c1cccn1[B-]2(F)F. The number of allylic oxidation sites excluding steroid dienone is 3. The monoisotopic (exact) mass is 417 g/mol. The molecule has 2 aliphatic heterocycles. The van der Waals surface area contributed by atoms with Crippen molar-refractivity contribution in [2.75, 3.05) is 6.54 Å². The van der Waals surface area contributed by atoms with Crippen molar-refractivity contribution >= 4 is 35.9 Å². The van der Waals surface area contributed by atoms with E-state index < -0.39 is 12.8 Å². The van der Waals surface area contributed by atoms with Crippen LogP contribution in [0.4, 0.5) is 13.0 Å². The summed E-state index contributed by atoms with van der Waals surface area (Å²) < 4.78 is 47.5. The van der Waals surface area contributed by atoms with E-state index >= 15 is 8.63 Å². The summed E-state index contributed by atoms with van der Waals surface area (Å²) in [6.45, 7) is -0.324. The molecule has 2 aromatic rings. The molecule has 0 atom stereocenters. The highest BCUT2D eigenvalue weighted by atomic mass is 35.5. The molecule has 4 rings (SSSR count). The van der Waals surface area contributed by atoms with Crippen LogP contribution in [0.2, 0.25) is 5.02 Å². The highest BCUT2D eigenvalue weighted by Gasteiger charge is 2.53. The van der Waals surface area contributed by atoms with E-state index in [9.17, 15) is 4.39 Å². The van der Waals surface area contributed by atoms with Crippen LogP contribution in [0.1, 0.15) is 30.2 Å². The smallest absolute Gasteiger partial charge is 0.396 e. The Morgan fingerprint density at radius 2 is 1.97 bits per heavy atom. The highest BCUT2D eigenvalue weighted by Crippen LogP contribution is 2.40. The second-order valence-electron chi connectivity index (χ2n) is 7.30. The van der Waals surface area contributed by atoms with Crippen molar-refractivity contribution in [1.29, 1.82) is 0 Å². The standard InChI is InChI=1S/C21H20BClF3N3/c1-13-5-8-18(23)16(20(13)24)7-6-15-12-14(2)21-17(9-10-27)19-4-3-11-28(19)22(25,26)29(15)21/h3-8,11-12H,9-10,27H2,1-2H3/b7-6+. The van der Waals surface area contributed by atoms with Gasteiger partial charge in [-0.15, -0.1) is 0 Å². The van der Waals surface area contributed by atoms with E-state index in [-0.39, 0.29) is 16.3 Å². The largest absolute Gasteiger partial charge is 0.737 e. The Morgan fingerprint density at radius 1 is 1.21 bits per heavy atom. The van der Waals surface area contributed by atoms with Crippen molar-refractivity contribution in [3.8, 4) is 0 Å². The molecule has 3 heterocycles. The summed E-state index contributed by atoms with van der Waals surface area (Å²) in [6, 6.07) is 6.47. The summed E-state index contributed by atoms with van der Waals surface area (Å²) in [5.41, 5.74) is 9.12. The Bertz CT molecular complexity index is 1140. The molecule has 0 saturated carbocycles. The minimum Gasteiger partial charge on any atom is -0.396 e. The van der Waals surface area contributed by atoms with E-state index in [1.165, 1.54) is 18.3 Å². The van der Waals surface area contributed by atoms with Crippen molar-refractivity contribution < 1.29 is 17.5 Å². The van der Waals surface area contributed by atoms with Crippen molar-refractivity contribution in [1.82, 2.24) is 4.48 Å². The number of nitrogens with zero attached hydrogens (tertiary/aromatic N) is 2. The summed E-state index contributed by atoms with van der Waals surface area (Å²) in [5, 5.41) is 0.229. The van der Waals surface area contributed by atoms with Gasteiger partial charge in [0.2, 0.25) is 0 Å². The number of hydrogen-bond donors (Lipinski definition) is 1. The molecular weight excluding hydrogens is 398 g/mol. The molecule has 0 fully saturated rings. The molecule has 1 aromatic heterocycles. The molecule has 0 spiro atoms. The van der Waals surface area contributed by atoms with Crippen molar-refractivity contribution in [2.24, 2.45) is 5.73 Å². The zero-order valence-electron chi connectivity index (χ0n) is 16.1. The van der Waals surface area contributed by atoms with Gasteiger partial charge in [0.15, 0.2) is 11.4 Å². The van der Waals surface area contributed by atoms with Crippen LogP contribution in [0.25, 0.3) is 11.6 Å². The van der Waals surface area contributed by atoms with Gasteiger partial charge < -0.3 is 23.3 Å². The third-order valence-corrected chi connectivity index (χ3v) is 5.74. The maximum atomic E-state index is 15.5. The topological polar surface area (TPSA) is 34.0 Å². The van der Waals surface area contributed by atoms with E-state index in [1.807, 2.05) is 0 Å². The molecule has 2 aliphatic rings. The average molecular weight is 418 g/mol. The van der Waals surface area contributed by atoms with Gasteiger partial charge >= 0.3 is 6.97 Å². The Balaban J connectivity index is 1.92. The molecule has 3 nitrogen and oxygen atoms in total. The molecule has 0 amide bonds. The van der Waals surface area contributed by atoms with Gasteiger partial charge in [-0.05, 0) is 62.8 Å². The van der Waals surface area contributed by atoms with E-state index in [0.29, 0.717) is 29.9 Å². The summed E-state index contributed by atoms with van der Waals surface area (Å²) in [5.74, 6) is -0.462. The van der Waals surface area contributed by atoms with Crippen LogP contribution in [0.5, 0.6) is 0 Å². The first-order valence-corrected chi connectivity index (χ1v) is 9.75. The van der Waals surface area contributed by atoms with Crippen LogP contribution >= 0.6 is 11.6 Å². The second-order valence-corrected chi connectivity index (χ2v) is 7.71. The van der Waals surface area contributed by atoms with Gasteiger partial charge in [-0.25, -0.2) is 4.39 Å². The fourth-order valence-corrected chi connectivity index (χ4v) is 4.29. The molecule has 29 heavy (non-hydrogen) atoms. The van der Waals surface area contributed by atoms with Crippen LogP contribution < -0.4 is 5.73 Å². The van der Waals surface area contributed by atoms with Crippen LogP contribution in [0, 0.1) is 12.7 Å². The number of fused-ring (bicyclic) bond motifs is 2. The summed E-state index contributed by atoms with van der Waals surface area (Å²) in [6.07, 6.45) is 6.49. The number of nitrogens with two attached hydrogens (primary N) is 1. The first kappa shape index (κ1) is 19.8. The maximum Gasteiger partial charge on any atom is 0.737 e. The lowest BCUT2D eigenvalue weighted by molar-refractivity contribution is -0.362. The Morgan fingerprint density at radius 3 is 2.69 bits per heavy atom. The van der Waals surface area contributed by atoms with Crippen LogP contribution in [0.15, 0.2) is 53.9 Å². The van der Waals surface area contributed by atoms with Crippen LogP contribution in [0.3, 0.4) is 0 Å². The summed E-state index contributed by atoms with van der Waals surface area (Å²) >= 11 is 6.12. The molecule has 2 N–H and O–H groups in total. The number of aromatic nitrogens is 1. The minimum absolute atomic E-state index is 0.180. The molecule has 0 unspecified atom stereocenters. The zero-order chi connectivity index (χ0) is 20.9. The number of benzene rings is 1.